The van der Waals surface area contributed by atoms with E-state index >= 15 is 0 Å². The third-order valence-corrected chi connectivity index (χ3v) is 4.09. The van der Waals surface area contributed by atoms with Crippen LogP contribution in [0.25, 0.3) is 0 Å². The molecule has 1 heterocycles. The van der Waals surface area contributed by atoms with Crippen LogP contribution in [0, 0.1) is 17.0 Å². The smallest absolute Gasteiger partial charge is 0.273 e. The molecule has 0 aliphatic rings. The molecule has 1 aromatic carbocycles. The molecular formula is C20H21N3O4. The number of carbonyl (C=O) groups is 1. The third-order valence-electron chi connectivity index (χ3n) is 4.09. The number of hydrogen-bond donors (Lipinski definition) is 2. The van der Waals surface area contributed by atoms with E-state index in [0.717, 1.165) is 11.3 Å². The fourth-order valence-electron chi connectivity index (χ4n) is 2.90. The molecule has 0 spiro atoms. The maximum atomic E-state index is 12.6. The number of aryl methyl sites for hydroxylation is 1. The predicted molar refractivity (Wildman–Crippen MR) is 104 cm³/mol. The van der Waals surface area contributed by atoms with Gasteiger partial charge in [0.2, 0.25) is 0 Å². The summed E-state index contributed by atoms with van der Waals surface area (Å²) in [6.45, 7) is 9.06. The number of pyridine rings is 1. The van der Waals surface area contributed by atoms with E-state index < -0.39 is 10.8 Å². The molecule has 0 aliphatic heterocycles. The Labute approximate surface area is 156 Å². The van der Waals surface area contributed by atoms with Crippen molar-refractivity contribution in [3.8, 4) is 0 Å². The summed E-state index contributed by atoms with van der Waals surface area (Å²) in [5.74, 6) is -0.486. The fourth-order valence-corrected chi connectivity index (χ4v) is 2.90. The maximum Gasteiger partial charge on any atom is 0.273 e. The maximum absolute atomic E-state index is 12.6. The second-order valence-electron chi connectivity index (χ2n) is 6.01. The molecule has 0 atom stereocenters. The lowest BCUT2D eigenvalue weighted by molar-refractivity contribution is -0.385. The molecule has 0 radical (unpaired) electrons. The molecular weight excluding hydrogens is 346 g/mol. The molecule has 2 N–H and O–H groups in total. The second kappa shape index (κ2) is 8.75. The summed E-state index contributed by atoms with van der Waals surface area (Å²) in [6.07, 6.45) is 3.87. The van der Waals surface area contributed by atoms with Crippen molar-refractivity contribution in [3.05, 3.63) is 98.0 Å². The Morgan fingerprint density at radius 2 is 1.96 bits per heavy atom. The van der Waals surface area contributed by atoms with Crippen LogP contribution in [0.3, 0.4) is 0 Å². The zero-order valence-electron chi connectivity index (χ0n) is 15.1. The Morgan fingerprint density at radius 3 is 2.59 bits per heavy atom. The monoisotopic (exact) mass is 367 g/mol. The average molecular weight is 367 g/mol. The van der Waals surface area contributed by atoms with Gasteiger partial charge in [-0.05, 0) is 37.5 Å². The molecule has 2 rings (SSSR count). The zero-order valence-corrected chi connectivity index (χ0v) is 15.1. The summed E-state index contributed by atoms with van der Waals surface area (Å²) in [5.41, 5.74) is 2.00. The molecule has 2 aromatic rings. The van der Waals surface area contributed by atoms with Crippen LogP contribution >= 0.6 is 0 Å². The van der Waals surface area contributed by atoms with Crippen molar-refractivity contribution >= 4 is 11.6 Å². The number of hydrogen-bond acceptors (Lipinski definition) is 4. The van der Waals surface area contributed by atoms with Crippen LogP contribution in [0.15, 0.2) is 54.4 Å². The minimum absolute atomic E-state index is 0.00778. The molecule has 7 nitrogen and oxygen atoms in total. The summed E-state index contributed by atoms with van der Waals surface area (Å²) in [6, 6.07) is 6.16. The first-order valence-electron chi connectivity index (χ1n) is 8.37. The van der Waals surface area contributed by atoms with Crippen molar-refractivity contribution in [1.29, 1.82) is 0 Å². The number of amides is 1. The van der Waals surface area contributed by atoms with Crippen LogP contribution in [0.4, 0.5) is 5.69 Å². The average Bonchev–Trinajstić information content (AvgIpc) is 2.61. The fraction of sp³-hybridized carbons (Fsp3) is 0.200. The number of H-pyrrole nitrogens is 1. The van der Waals surface area contributed by atoms with Gasteiger partial charge in [0.05, 0.1) is 4.92 Å². The quantitative estimate of drug-likeness (QED) is 0.425. The van der Waals surface area contributed by atoms with Gasteiger partial charge < -0.3 is 10.3 Å². The molecule has 0 unspecified atom stereocenters. The molecule has 140 valence electrons. The number of benzene rings is 1. The molecule has 27 heavy (non-hydrogen) atoms. The number of carbonyl (C=O) groups excluding carboxylic acids is 1. The first-order valence-corrected chi connectivity index (χ1v) is 8.37. The lowest BCUT2D eigenvalue weighted by Crippen LogP contribution is -2.29. The van der Waals surface area contributed by atoms with Crippen molar-refractivity contribution in [2.24, 2.45) is 0 Å². The molecule has 0 saturated carbocycles. The number of allylic oxidation sites excluding steroid dienone is 2. The van der Waals surface area contributed by atoms with E-state index in [1.54, 1.807) is 13.0 Å². The van der Waals surface area contributed by atoms with Crippen molar-refractivity contribution in [1.82, 2.24) is 10.3 Å². The largest absolute Gasteiger partial charge is 0.348 e. The minimum atomic E-state index is -0.525. The normalized spacial score (nSPS) is 10.3. The van der Waals surface area contributed by atoms with Gasteiger partial charge in [0.15, 0.2) is 0 Å². The number of aromatic amines is 1. The Morgan fingerprint density at radius 1 is 1.26 bits per heavy atom. The van der Waals surface area contributed by atoms with Crippen LogP contribution in [-0.4, -0.2) is 15.8 Å². The Bertz CT molecular complexity index is 960. The van der Waals surface area contributed by atoms with Gasteiger partial charge in [0.25, 0.3) is 17.2 Å². The van der Waals surface area contributed by atoms with Crippen molar-refractivity contribution < 1.29 is 9.72 Å². The first-order chi connectivity index (χ1) is 12.9. The Hall–Kier alpha value is -3.48. The summed E-state index contributed by atoms with van der Waals surface area (Å²) >= 11 is 0. The molecule has 7 heteroatoms. The molecule has 0 saturated heterocycles. The highest BCUT2D eigenvalue weighted by Gasteiger charge is 2.20. The van der Waals surface area contributed by atoms with E-state index in [4.69, 9.17) is 0 Å². The summed E-state index contributed by atoms with van der Waals surface area (Å²) in [5, 5.41) is 13.9. The predicted octanol–water partition coefficient (Wildman–Crippen LogP) is 2.98. The lowest BCUT2D eigenvalue weighted by atomic mass is 10.0. The van der Waals surface area contributed by atoms with Gasteiger partial charge in [-0.15, -0.1) is 13.2 Å². The highest BCUT2D eigenvalue weighted by Crippen LogP contribution is 2.23. The van der Waals surface area contributed by atoms with E-state index in [0.29, 0.717) is 17.5 Å². The summed E-state index contributed by atoms with van der Waals surface area (Å²) in [4.78, 5) is 38.3. The molecule has 1 aromatic heterocycles. The van der Waals surface area contributed by atoms with Crippen molar-refractivity contribution in [2.75, 3.05) is 0 Å². The van der Waals surface area contributed by atoms with Crippen molar-refractivity contribution in [3.63, 3.8) is 0 Å². The number of nitrogens with one attached hydrogen (secondary N) is 2. The summed E-state index contributed by atoms with van der Waals surface area (Å²) in [7, 11) is 0. The highest BCUT2D eigenvalue weighted by molar-refractivity contribution is 5.96. The van der Waals surface area contributed by atoms with Gasteiger partial charge in [0.1, 0.15) is 0 Å². The lowest BCUT2D eigenvalue weighted by Gasteiger charge is -2.12. The number of nitro benzene ring substituents is 1. The highest BCUT2D eigenvalue weighted by atomic mass is 16.6. The first kappa shape index (κ1) is 19.8. The zero-order chi connectivity index (χ0) is 20.0. The topological polar surface area (TPSA) is 105 Å². The number of nitro groups is 1. The molecule has 1 amide bonds. The van der Waals surface area contributed by atoms with Gasteiger partial charge >= 0.3 is 0 Å². The van der Waals surface area contributed by atoms with E-state index in [1.165, 1.54) is 24.3 Å². The Kier molecular flexibility index (Phi) is 6.43. The molecule has 0 fully saturated rings. The van der Waals surface area contributed by atoms with Crippen LogP contribution in [0.5, 0.6) is 0 Å². The molecule has 0 bridgehead atoms. The number of rotatable bonds is 8. The van der Waals surface area contributed by atoms with Crippen LogP contribution in [0.1, 0.15) is 32.7 Å². The SMILES string of the molecule is C=CCc1cc(C)[nH]c(=O)c1CNC(=O)c1cccc([N+](=O)[O-])c1CC=C. The minimum Gasteiger partial charge on any atom is -0.348 e. The Balaban J connectivity index is 2.33. The van der Waals surface area contributed by atoms with Gasteiger partial charge in [-0.25, -0.2) is 0 Å². The second-order valence-corrected chi connectivity index (χ2v) is 6.01. The van der Waals surface area contributed by atoms with E-state index in [1.807, 2.05) is 6.07 Å². The number of aromatic nitrogens is 1. The van der Waals surface area contributed by atoms with E-state index in [2.05, 4.69) is 23.5 Å². The van der Waals surface area contributed by atoms with Crippen LogP contribution < -0.4 is 10.9 Å². The van der Waals surface area contributed by atoms with E-state index in [-0.39, 0.29) is 29.8 Å². The van der Waals surface area contributed by atoms with Gasteiger partial charge in [-0.1, -0.05) is 18.2 Å². The van der Waals surface area contributed by atoms with Crippen LogP contribution in [-0.2, 0) is 19.4 Å². The summed E-state index contributed by atoms with van der Waals surface area (Å²) < 4.78 is 0. The van der Waals surface area contributed by atoms with Gasteiger partial charge in [-0.2, -0.15) is 0 Å². The molecule has 0 aliphatic carbocycles. The van der Waals surface area contributed by atoms with E-state index in [9.17, 15) is 19.7 Å². The van der Waals surface area contributed by atoms with Crippen LogP contribution in [0.2, 0.25) is 0 Å². The van der Waals surface area contributed by atoms with Gasteiger partial charge in [-0.3, -0.25) is 19.7 Å². The third kappa shape index (κ3) is 4.58. The van der Waals surface area contributed by atoms with Gasteiger partial charge in [0, 0.05) is 35.0 Å². The van der Waals surface area contributed by atoms with Crippen molar-refractivity contribution in [2.45, 2.75) is 26.3 Å². The number of nitrogens with zero attached hydrogens (tertiary/aromatic N) is 1. The standard InChI is InChI=1S/C20H21N3O4/c1-4-7-14-11-13(3)22-20(25)17(14)12-21-19(24)16-9-6-10-18(23(26)27)15(16)8-5-2/h4-6,9-11H,1-2,7-8,12H2,3H3,(H,21,24)(H,22,25).